The third kappa shape index (κ3) is 2.32. The molecule has 96 valence electrons. The second kappa shape index (κ2) is 4.64. The molecule has 6 heteroatoms. The van der Waals surface area contributed by atoms with E-state index >= 15 is 0 Å². The Morgan fingerprint density at radius 3 is 2.79 bits per heavy atom. The maximum Gasteiger partial charge on any atom is 0.336 e. The molecule has 0 aliphatic rings. The summed E-state index contributed by atoms with van der Waals surface area (Å²) < 4.78 is 5.52. The number of carboxylic acid groups (broad SMARTS) is 1. The Kier molecular flexibility index (Phi) is 2.96. The van der Waals surface area contributed by atoms with Gasteiger partial charge >= 0.3 is 5.97 Å². The minimum atomic E-state index is -0.917. The first-order valence-corrected chi connectivity index (χ1v) is 7.24. The van der Waals surface area contributed by atoms with Gasteiger partial charge in [-0.25, -0.2) is 9.78 Å². The van der Waals surface area contributed by atoms with Crippen molar-refractivity contribution in [2.75, 3.05) is 0 Å². The zero-order valence-corrected chi connectivity index (χ0v) is 11.5. The lowest BCUT2D eigenvalue weighted by molar-refractivity contribution is 0.0697. The number of aromatic carboxylic acids is 1. The van der Waals surface area contributed by atoms with Crippen molar-refractivity contribution in [3.05, 3.63) is 40.3 Å². The first kappa shape index (κ1) is 12.1. The highest BCUT2D eigenvalue weighted by Gasteiger charge is 2.13. The van der Waals surface area contributed by atoms with E-state index < -0.39 is 5.97 Å². The second-order valence-electron chi connectivity index (χ2n) is 3.95. The number of rotatable bonds is 3. The number of nitrogens with zero attached hydrogens (tertiary/aromatic N) is 1. The Bertz CT molecular complexity index is 739. The highest BCUT2D eigenvalue weighted by Crippen LogP contribution is 2.32. The Morgan fingerprint density at radius 1 is 1.32 bits per heavy atom. The molecule has 19 heavy (non-hydrogen) atoms. The molecule has 0 aromatic carbocycles. The van der Waals surface area contributed by atoms with Crippen LogP contribution in [0.15, 0.2) is 33.4 Å². The number of carbonyl (C=O) groups is 1. The summed E-state index contributed by atoms with van der Waals surface area (Å²) in [5.41, 5.74) is 1.08. The molecule has 0 fully saturated rings. The molecule has 0 radical (unpaired) electrons. The van der Waals surface area contributed by atoms with Crippen molar-refractivity contribution >= 4 is 28.6 Å². The predicted octanol–water partition coefficient (Wildman–Crippen LogP) is 4.14. The zero-order chi connectivity index (χ0) is 13.4. The van der Waals surface area contributed by atoms with Crippen LogP contribution >= 0.6 is 22.7 Å². The van der Waals surface area contributed by atoms with E-state index in [0.717, 1.165) is 27.1 Å². The van der Waals surface area contributed by atoms with E-state index in [1.165, 1.54) is 22.7 Å². The van der Waals surface area contributed by atoms with Gasteiger partial charge in [-0.3, -0.25) is 0 Å². The lowest BCUT2D eigenvalue weighted by atomic mass is 10.3. The fourth-order valence-corrected chi connectivity index (χ4v) is 3.33. The van der Waals surface area contributed by atoms with Crippen LogP contribution in [0.4, 0.5) is 0 Å². The summed E-state index contributed by atoms with van der Waals surface area (Å²) in [6.45, 7) is 1.89. The van der Waals surface area contributed by atoms with Crippen LogP contribution in [0.3, 0.4) is 0 Å². The van der Waals surface area contributed by atoms with Crippen LogP contribution in [-0.4, -0.2) is 16.1 Å². The molecule has 0 unspecified atom stereocenters. The van der Waals surface area contributed by atoms with Crippen LogP contribution in [0.25, 0.3) is 21.3 Å². The molecule has 0 saturated carbocycles. The Morgan fingerprint density at radius 2 is 2.16 bits per heavy atom. The Labute approximate surface area is 117 Å². The van der Waals surface area contributed by atoms with Gasteiger partial charge in [-0.15, -0.1) is 22.7 Å². The Hall–Kier alpha value is -1.92. The van der Waals surface area contributed by atoms with Crippen LogP contribution in [0.1, 0.15) is 16.1 Å². The normalized spacial score (nSPS) is 10.8. The standard InChI is InChI=1S/C13H9NO3S2/c1-7-2-3-10(17-7)12-14-9(6-19-12)11-4-8(5-18-11)13(15)16/h2-6H,1H3,(H,15,16). The second-order valence-corrected chi connectivity index (χ2v) is 5.72. The number of thiophene rings is 1. The summed E-state index contributed by atoms with van der Waals surface area (Å²) in [6, 6.07) is 5.42. The predicted molar refractivity (Wildman–Crippen MR) is 74.8 cm³/mol. The van der Waals surface area contributed by atoms with Gasteiger partial charge in [0, 0.05) is 10.8 Å². The number of hydrogen-bond donors (Lipinski definition) is 1. The maximum absolute atomic E-state index is 10.8. The van der Waals surface area contributed by atoms with Crippen LogP contribution in [-0.2, 0) is 0 Å². The highest BCUT2D eigenvalue weighted by molar-refractivity contribution is 7.15. The highest BCUT2D eigenvalue weighted by atomic mass is 32.1. The molecule has 1 N–H and O–H groups in total. The van der Waals surface area contributed by atoms with E-state index in [2.05, 4.69) is 4.98 Å². The van der Waals surface area contributed by atoms with Crippen LogP contribution in [0.5, 0.6) is 0 Å². The van der Waals surface area contributed by atoms with Crippen LogP contribution in [0, 0.1) is 6.92 Å². The van der Waals surface area contributed by atoms with Crippen LogP contribution < -0.4 is 0 Å². The monoisotopic (exact) mass is 291 g/mol. The van der Waals surface area contributed by atoms with Gasteiger partial charge in [-0.1, -0.05) is 0 Å². The van der Waals surface area contributed by atoms with Crippen molar-refractivity contribution in [2.24, 2.45) is 0 Å². The summed E-state index contributed by atoms with van der Waals surface area (Å²) in [5.74, 6) is 0.666. The molecule has 0 bridgehead atoms. The maximum atomic E-state index is 10.8. The van der Waals surface area contributed by atoms with E-state index in [-0.39, 0.29) is 0 Å². The van der Waals surface area contributed by atoms with Gasteiger partial charge in [0.05, 0.1) is 16.1 Å². The molecule has 3 aromatic rings. The summed E-state index contributed by atoms with van der Waals surface area (Å²) in [5, 5.41) is 13.2. The smallest absolute Gasteiger partial charge is 0.336 e. The van der Waals surface area contributed by atoms with Gasteiger partial charge in [-0.2, -0.15) is 0 Å². The summed E-state index contributed by atoms with van der Waals surface area (Å²) in [7, 11) is 0. The Balaban J connectivity index is 1.94. The van der Waals surface area contributed by atoms with Gasteiger partial charge in [-0.05, 0) is 25.1 Å². The SMILES string of the molecule is Cc1ccc(-c2nc(-c3cc(C(=O)O)cs3)cs2)o1. The average molecular weight is 291 g/mol. The molecule has 3 aromatic heterocycles. The van der Waals surface area contributed by atoms with Crippen molar-refractivity contribution < 1.29 is 14.3 Å². The van der Waals surface area contributed by atoms with Crippen molar-refractivity contribution in [3.8, 4) is 21.3 Å². The van der Waals surface area contributed by atoms with Crippen molar-refractivity contribution in [1.82, 2.24) is 4.98 Å². The fraction of sp³-hybridized carbons (Fsp3) is 0.0769. The van der Waals surface area contributed by atoms with E-state index in [1.54, 1.807) is 11.4 Å². The molecule has 0 aliphatic carbocycles. The number of hydrogen-bond acceptors (Lipinski definition) is 5. The van der Waals surface area contributed by atoms with Gasteiger partial charge in [0.1, 0.15) is 5.76 Å². The number of carboxylic acids is 1. The molecule has 0 atom stereocenters. The lowest BCUT2D eigenvalue weighted by Crippen LogP contribution is -1.91. The van der Waals surface area contributed by atoms with E-state index in [9.17, 15) is 4.79 Å². The molecule has 0 saturated heterocycles. The van der Waals surface area contributed by atoms with Crippen molar-refractivity contribution in [2.45, 2.75) is 6.92 Å². The number of aromatic nitrogens is 1. The number of furan rings is 1. The van der Waals surface area contributed by atoms with E-state index in [1.807, 2.05) is 24.4 Å². The van der Waals surface area contributed by atoms with Gasteiger partial charge in [0.2, 0.25) is 0 Å². The third-order valence-electron chi connectivity index (χ3n) is 2.55. The molecule has 3 rings (SSSR count). The molecule has 4 nitrogen and oxygen atoms in total. The molecular weight excluding hydrogens is 282 g/mol. The third-order valence-corrected chi connectivity index (χ3v) is 4.36. The summed E-state index contributed by atoms with van der Waals surface area (Å²) in [6.07, 6.45) is 0. The number of thiazole rings is 1. The van der Waals surface area contributed by atoms with Gasteiger partial charge in [0.25, 0.3) is 0 Å². The largest absolute Gasteiger partial charge is 0.478 e. The van der Waals surface area contributed by atoms with Crippen LogP contribution in [0.2, 0.25) is 0 Å². The fourth-order valence-electron chi connectivity index (χ4n) is 1.63. The van der Waals surface area contributed by atoms with Gasteiger partial charge in [0.15, 0.2) is 10.8 Å². The minimum Gasteiger partial charge on any atom is -0.478 e. The minimum absolute atomic E-state index is 0.295. The van der Waals surface area contributed by atoms with Gasteiger partial charge < -0.3 is 9.52 Å². The molecule has 0 aliphatic heterocycles. The quantitative estimate of drug-likeness (QED) is 0.787. The molecule has 3 heterocycles. The summed E-state index contributed by atoms with van der Waals surface area (Å²) in [4.78, 5) is 16.2. The van der Waals surface area contributed by atoms with Crippen molar-refractivity contribution in [1.29, 1.82) is 0 Å². The number of aryl methyl sites for hydroxylation is 1. The zero-order valence-electron chi connectivity index (χ0n) is 9.91. The first-order valence-electron chi connectivity index (χ1n) is 5.48. The first-order chi connectivity index (χ1) is 9.13. The van der Waals surface area contributed by atoms with Crippen molar-refractivity contribution in [3.63, 3.8) is 0 Å². The van der Waals surface area contributed by atoms with E-state index in [4.69, 9.17) is 9.52 Å². The summed E-state index contributed by atoms with van der Waals surface area (Å²) >= 11 is 2.86. The molecule has 0 spiro atoms. The molecular formula is C13H9NO3S2. The topological polar surface area (TPSA) is 63.3 Å². The lowest BCUT2D eigenvalue weighted by Gasteiger charge is -1.89. The van der Waals surface area contributed by atoms with E-state index in [0.29, 0.717) is 5.56 Å². The average Bonchev–Trinajstić information content (AvgIpc) is 3.07. The molecule has 0 amide bonds.